The Kier molecular flexibility index (Phi) is 27.5. The number of nitrogens with zero attached hydrogens (tertiary/aromatic N) is 12. The van der Waals surface area contributed by atoms with Crippen LogP contribution in [0.25, 0.3) is 70.3 Å². The number of nitrogens with one attached hydrogen (secondary N) is 3. The van der Waals surface area contributed by atoms with Gasteiger partial charge >= 0.3 is 29.8 Å². The minimum Gasteiger partial charge on any atom is -0.481 e. The lowest BCUT2D eigenvalue weighted by Gasteiger charge is -2.30. The lowest BCUT2D eigenvalue weighted by Crippen LogP contribution is -2.50. The van der Waals surface area contributed by atoms with Crippen molar-refractivity contribution in [3.8, 4) is 6.07 Å². The van der Waals surface area contributed by atoms with Crippen molar-refractivity contribution in [3.05, 3.63) is 191 Å². The highest BCUT2D eigenvalue weighted by Crippen LogP contribution is 2.37. The second kappa shape index (κ2) is 36.3. The van der Waals surface area contributed by atoms with Crippen molar-refractivity contribution in [3.63, 3.8) is 0 Å². The number of carbonyl (C=O) groups is 7. The molecule has 3 atom stereocenters. The van der Waals surface area contributed by atoms with Crippen molar-refractivity contribution < 1.29 is 57.6 Å². The maximum absolute atomic E-state index is 12.2. The van der Waals surface area contributed by atoms with Crippen molar-refractivity contribution in [1.29, 1.82) is 5.26 Å². The number of H-pyrrole nitrogens is 2. The number of carboxylic acids is 1. The van der Waals surface area contributed by atoms with E-state index in [1.54, 1.807) is 32.6 Å². The lowest BCUT2D eigenvalue weighted by atomic mass is 9.77. The van der Waals surface area contributed by atoms with E-state index in [0.717, 1.165) is 93.5 Å². The minimum absolute atomic E-state index is 0.0134. The smallest absolute Gasteiger partial charge is 0.318 e. The average molecular weight is 1450 g/mol. The van der Waals surface area contributed by atoms with Crippen LogP contribution >= 0.6 is 15.9 Å². The van der Waals surface area contributed by atoms with E-state index >= 15 is 0 Å². The molecule has 102 heavy (non-hydrogen) atoms. The minimum atomic E-state index is -0.903. The number of alkyl halides is 1. The number of para-hydroxylation sites is 6. The Morgan fingerprint density at radius 3 is 1.61 bits per heavy atom. The van der Waals surface area contributed by atoms with Gasteiger partial charge in [-0.1, -0.05) is 125 Å². The Labute approximate surface area is 596 Å². The summed E-state index contributed by atoms with van der Waals surface area (Å²) in [7, 11) is 13.0. The molecule has 1 saturated heterocycles. The molecule has 28 heteroatoms. The highest BCUT2D eigenvalue weighted by atomic mass is 79.9. The molecule has 0 aliphatic carbocycles. The van der Waals surface area contributed by atoms with Gasteiger partial charge < -0.3 is 28.9 Å². The number of aromatic amines is 2. The number of amides is 2. The fraction of sp³-hybridized carbons (Fsp3) is 0.311. The Balaban J connectivity index is 0.000000170. The number of esters is 4. The summed E-state index contributed by atoms with van der Waals surface area (Å²) in [5, 5.41) is 56.6. The molecule has 6 aromatic carbocycles. The Morgan fingerprint density at radius 1 is 0.637 bits per heavy atom. The third kappa shape index (κ3) is 18.7. The number of methoxy groups -OCH3 is 4. The standard InChI is InChI=1S/C15H17N3O2.C14H15N3O2.C12H14N2O2.C11H12N2O2.C10H10N2O2.C9H8N2O2.C3H4BrN/c1-15(9-10-16-2,14(19)20-4)13-11-7-5-6-8-12(11)18(3)17-13;1-14(8-7-11(18)15-13(14)19)12-9-5-3-4-6-10(9)17(2)16-12;1-8(12(15)16-3)11-9-6-4-5-7-10(9)14(2)13-11;1-13-10-6-4-3-5-8(10)9(12-13)7-11(14)15-2;1-14-10(13)6-9-7-4-2-3-5-8(7)11-12-9;12-9(13)5-8-6-3-1-2-4-7(6)10-11-8;4-2-1-3-5/h5-8H,9-10H2,1,3-4H3;3-6H,7-8H2,1-2H3,(H,15,18,19);4-8H,1-3H3;3-6H,7H2,1-2H3;2-5H,6H2,1H3,(H,11,12);1-4H,5H2,(H,10,11)(H,12,13);1-2H2. The number of aliphatic carboxylic acids is 1. The first-order chi connectivity index (χ1) is 48.9. The predicted molar refractivity (Wildman–Crippen MR) is 387 cm³/mol. The highest BCUT2D eigenvalue weighted by molar-refractivity contribution is 9.09. The molecule has 530 valence electrons. The zero-order valence-electron chi connectivity index (χ0n) is 58.5. The topological polar surface area (TPSA) is 345 Å². The molecule has 3 unspecified atom stereocenters. The van der Waals surface area contributed by atoms with E-state index in [1.807, 2.05) is 187 Å². The lowest BCUT2D eigenvalue weighted by molar-refractivity contribution is -0.147. The zero-order chi connectivity index (χ0) is 74.3. The molecule has 12 aromatic rings. The molecule has 0 saturated carbocycles. The molecule has 4 N–H and O–H groups in total. The first kappa shape index (κ1) is 77.4. The number of piperidine rings is 1. The number of nitriles is 1. The number of benzene rings is 6. The molecule has 1 aliphatic heterocycles. The second-order valence-electron chi connectivity index (χ2n) is 23.6. The van der Waals surface area contributed by atoms with Crippen molar-refractivity contribution in [2.75, 3.05) is 40.3 Å². The number of aryl methyl sites for hydroxylation is 4. The van der Waals surface area contributed by atoms with Crippen molar-refractivity contribution in [2.24, 2.45) is 28.2 Å². The molecule has 7 heterocycles. The van der Waals surface area contributed by atoms with Gasteiger partial charge in [-0.2, -0.15) is 35.9 Å². The van der Waals surface area contributed by atoms with E-state index in [4.69, 9.17) is 26.4 Å². The summed E-state index contributed by atoms with van der Waals surface area (Å²) in [6.45, 7) is 12.7. The fourth-order valence-corrected chi connectivity index (χ4v) is 11.5. The molecule has 1 fully saturated rings. The van der Waals surface area contributed by atoms with Gasteiger partial charge in [0.25, 0.3) is 0 Å². The van der Waals surface area contributed by atoms with Crippen LogP contribution in [0.1, 0.15) is 86.5 Å². The van der Waals surface area contributed by atoms with Crippen molar-refractivity contribution in [2.45, 2.75) is 82.5 Å². The predicted octanol–water partition coefficient (Wildman–Crippen LogP) is 10.5. The van der Waals surface area contributed by atoms with Crippen LogP contribution < -0.4 is 5.32 Å². The number of hydrogen-bond acceptors (Lipinski definition) is 18. The zero-order valence-corrected chi connectivity index (χ0v) is 60.1. The number of carboxylic acid groups (broad SMARTS) is 1. The first-order valence-corrected chi connectivity index (χ1v) is 33.2. The normalized spacial score (nSPS) is 13.7. The molecule has 6 aromatic heterocycles. The number of carbonyl (C=O) groups excluding carboxylic acids is 6. The summed E-state index contributed by atoms with van der Waals surface area (Å²) >= 11 is 3.09. The average Bonchev–Trinajstić information content (AvgIpc) is 1.55. The molecule has 0 spiro atoms. The molecule has 2 amide bonds. The van der Waals surface area contributed by atoms with Crippen LogP contribution in [0.15, 0.2) is 146 Å². The summed E-state index contributed by atoms with van der Waals surface area (Å²) in [5.41, 5.74) is 8.43. The number of halogens is 1. The van der Waals surface area contributed by atoms with Gasteiger partial charge in [-0.3, -0.25) is 67.8 Å². The summed E-state index contributed by atoms with van der Waals surface area (Å²) in [6.07, 6.45) is 2.30. The maximum Gasteiger partial charge on any atom is 0.318 e. The Hall–Kier alpha value is -11.9. The van der Waals surface area contributed by atoms with Gasteiger partial charge in [0.15, 0.2) is 0 Å². The SMILES string of the molecule is COC(=O)C(C)c1nn(C)c2ccccc12.COC(=O)Cc1[nH]nc2ccccc12.COC(=O)Cc1nn(C)c2ccccc12.Cn1nc(C2(C)CCC(=O)NC2=O)c2ccccc21.N#CCCBr.O=C(O)Cc1[nH]nc2ccccc12.[C-]#[N+]CCC(C)(C(=O)OC)c1nn(C)c2ccccc12. The third-order valence-electron chi connectivity index (χ3n) is 16.8. The second-order valence-corrected chi connectivity index (χ2v) is 24.4. The summed E-state index contributed by atoms with van der Waals surface area (Å²) in [4.78, 5) is 83.3. The number of ether oxygens (including phenoxy) is 4. The van der Waals surface area contributed by atoms with Gasteiger partial charge in [0.2, 0.25) is 18.4 Å². The summed E-state index contributed by atoms with van der Waals surface area (Å²) < 4.78 is 26.0. The van der Waals surface area contributed by atoms with Crippen LogP contribution in [-0.4, -0.2) is 147 Å². The van der Waals surface area contributed by atoms with Gasteiger partial charge in [-0.05, 0) is 63.6 Å². The van der Waals surface area contributed by atoms with E-state index in [-0.39, 0.29) is 67.4 Å². The van der Waals surface area contributed by atoms with Crippen molar-refractivity contribution >= 4 is 123 Å². The van der Waals surface area contributed by atoms with E-state index in [9.17, 15) is 33.6 Å². The highest BCUT2D eigenvalue weighted by Gasteiger charge is 2.44. The first-order valence-electron chi connectivity index (χ1n) is 32.1. The summed E-state index contributed by atoms with van der Waals surface area (Å²) in [6, 6.07) is 48.3. The molecule has 27 nitrogen and oxygen atoms in total. The van der Waals surface area contributed by atoms with E-state index in [0.29, 0.717) is 37.1 Å². The van der Waals surface area contributed by atoms with Gasteiger partial charge in [0.1, 0.15) is 5.41 Å². The largest absolute Gasteiger partial charge is 0.481 e. The molecule has 0 bridgehead atoms. The molecular weight excluding hydrogens is 1370 g/mol. The molecule has 0 radical (unpaired) electrons. The third-order valence-corrected chi connectivity index (χ3v) is 17.2. The van der Waals surface area contributed by atoms with Gasteiger partial charge in [0, 0.05) is 85.1 Å². The molecule has 13 rings (SSSR count). The van der Waals surface area contributed by atoms with Crippen LogP contribution in [0.4, 0.5) is 0 Å². The fourth-order valence-electron chi connectivity index (χ4n) is 11.3. The van der Waals surface area contributed by atoms with Crippen LogP contribution in [0, 0.1) is 17.9 Å². The van der Waals surface area contributed by atoms with Crippen LogP contribution in [0.5, 0.6) is 0 Å². The van der Waals surface area contributed by atoms with Gasteiger partial charge in [-0.15, -0.1) is 0 Å². The van der Waals surface area contributed by atoms with Gasteiger partial charge in [-0.25, -0.2) is 6.57 Å². The van der Waals surface area contributed by atoms with E-state index in [2.05, 4.69) is 76.4 Å². The Bertz CT molecular complexity index is 5030. The summed E-state index contributed by atoms with van der Waals surface area (Å²) in [5.74, 6) is -2.80. The van der Waals surface area contributed by atoms with Crippen LogP contribution in [-0.2, 0) is 111 Å². The van der Waals surface area contributed by atoms with Gasteiger partial charge in [0.05, 0.1) is 132 Å². The Morgan fingerprint density at radius 2 is 1.10 bits per heavy atom. The molecular formula is C74H80BrN15O12. The number of hydrogen-bond donors (Lipinski definition) is 4. The number of rotatable bonds is 14. The van der Waals surface area contributed by atoms with E-state index in [1.165, 1.54) is 28.4 Å². The number of aromatic nitrogens is 12. The number of imide groups is 1. The van der Waals surface area contributed by atoms with Crippen molar-refractivity contribution in [1.82, 2.24) is 64.8 Å². The van der Waals surface area contributed by atoms with Crippen LogP contribution in [0.2, 0.25) is 0 Å². The number of fused-ring (bicyclic) bond motifs is 6. The molecule has 1 aliphatic rings. The van der Waals surface area contributed by atoms with Crippen LogP contribution in [0.3, 0.4) is 0 Å². The monoisotopic (exact) mass is 1450 g/mol. The maximum atomic E-state index is 12.2. The van der Waals surface area contributed by atoms with E-state index < -0.39 is 16.8 Å². The quantitative estimate of drug-likeness (QED) is 0.0258.